The lowest BCUT2D eigenvalue weighted by molar-refractivity contribution is 0.148. The second kappa shape index (κ2) is 4.38. The summed E-state index contributed by atoms with van der Waals surface area (Å²) in [5.74, 6) is -0.438. The Kier molecular flexibility index (Phi) is 3.64. The van der Waals surface area contributed by atoms with Crippen LogP contribution in [0.5, 0.6) is 0 Å². The lowest BCUT2D eigenvalue weighted by atomic mass is 10.0. The molecule has 2 unspecified atom stereocenters. The van der Waals surface area contributed by atoms with E-state index in [1.54, 1.807) is 13.0 Å². The van der Waals surface area contributed by atoms with Gasteiger partial charge in [0.2, 0.25) is 0 Å². The maximum atomic E-state index is 13.4. The summed E-state index contributed by atoms with van der Waals surface area (Å²) in [4.78, 5) is 0. The van der Waals surface area contributed by atoms with Crippen LogP contribution in [-0.4, -0.2) is 11.1 Å². The van der Waals surface area contributed by atoms with Gasteiger partial charge in [-0.15, -0.1) is 0 Å². The van der Waals surface area contributed by atoms with Crippen molar-refractivity contribution in [1.29, 1.82) is 0 Å². The van der Waals surface area contributed by atoms with Crippen LogP contribution in [-0.2, 0) is 0 Å². The minimum absolute atomic E-state index is 0.236. The summed E-state index contributed by atoms with van der Waals surface area (Å²) < 4.78 is 14.0. The van der Waals surface area contributed by atoms with Crippen LogP contribution in [0.15, 0.2) is 16.6 Å². The van der Waals surface area contributed by atoms with Crippen molar-refractivity contribution in [3.63, 3.8) is 0 Å². The second-order valence-corrected chi connectivity index (χ2v) is 4.19. The molecule has 1 aromatic carbocycles. The Morgan fingerprint density at radius 1 is 1.50 bits per heavy atom. The molecule has 3 N–H and O–H groups in total. The summed E-state index contributed by atoms with van der Waals surface area (Å²) in [6, 6.07) is 2.49. The molecule has 0 aliphatic rings. The highest BCUT2D eigenvalue weighted by molar-refractivity contribution is 9.10. The average Bonchev–Trinajstić information content (AvgIpc) is 2.12. The van der Waals surface area contributed by atoms with Crippen molar-refractivity contribution >= 4 is 15.9 Å². The van der Waals surface area contributed by atoms with E-state index >= 15 is 0 Å². The van der Waals surface area contributed by atoms with Gasteiger partial charge in [-0.1, -0.05) is 22.0 Å². The van der Waals surface area contributed by atoms with E-state index in [1.807, 2.05) is 6.92 Å². The summed E-state index contributed by atoms with van der Waals surface area (Å²) in [6.07, 6.45) is -0.982. The van der Waals surface area contributed by atoms with Crippen LogP contribution in [0.2, 0.25) is 0 Å². The lowest BCUT2D eigenvalue weighted by Gasteiger charge is -2.18. The van der Waals surface area contributed by atoms with Gasteiger partial charge in [0.05, 0.1) is 6.10 Å². The molecule has 1 rings (SSSR count). The first-order chi connectivity index (χ1) is 6.45. The van der Waals surface area contributed by atoms with Gasteiger partial charge >= 0.3 is 0 Å². The molecule has 0 radical (unpaired) electrons. The normalized spacial score (nSPS) is 15.3. The maximum absolute atomic E-state index is 13.4. The van der Waals surface area contributed by atoms with Gasteiger partial charge in [0.25, 0.3) is 0 Å². The van der Waals surface area contributed by atoms with Crippen molar-refractivity contribution in [3.8, 4) is 0 Å². The van der Waals surface area contributed by atoms with Gasteiger partial charge in [0.1, 0.15) is 5.82 Å². The molecule has 0 aromatic heterocycles. The number of rotatable bonds is 2. The van der Waals surface area contributed by atoms with E-state index in [1.165, 1.54) is 6.07 Å². The Hall–Kier alpha value is -0.450. The fourth-order valence-corrected chi connectivity index (χ4v) is 1.77. The second-order valence-electron chi connectivity index (χ2n) is 3.40. The maximum Gasteiger partial charge on any atom is 0.130 e. The zero-order valence-corrected chi connectivity index (χ0v) is 9.68. The van der Waals surface area contributed by atoms with Crippen LogP contribution in [0.1, 0.15) is 24.2 Å². The van der Waals surface area contributed by atoms with Gasteiger partial charge in [-0.2, -0.15) is 0 Å². The molecule has 14 heavy (non-hydrogen) atoms. The third kappa shape index (κ3) is 2.13. The quantitative estimate of drug-likeness (QED) is 0.858. The molecule has 0 spiro atoms. The van der Waals surface area contributed by atoms with E-state index in [-0.39, 0.29) is 5.56 Å². The molecule has 2 atom stereocenters. The zero-order chi connectivity index (χ0) is 10.9. The van der Waals surface area contributed by atoms with Crippen LogP contribution in [0.25, 0.3) is 0 Å². The predicted octanol–water partition coefficient (Wildman–Crippen LogP) is 2.28. The Bertz CT molecular complexity index is 341. The molecule has 0 amide bonds. The van der Waals surface area contributed by atoms with E-state index in [4.69, 9.17) is 5.73 Å². The zero-order valence-electron chi connectivity index (χ0n) is 8.09. The van der Waals surface area contributed by atoms with Crippen LogP contribution in [0.4, 0.5) is 4.39 Å². The topological polar surface area (TPSA) is 46.2 Å². The van der Waals surface area contributed by atoms with Gasteiger partial charge in [-0.25, -0.2) is 4.39 Å². The molecular weight excluding hydrogens is 249 g/mol. The van der Waals surface area contributed by atoms with Gasteiger partial charge in [0.15, 0.2) is 0 Å². The fourth-order valence-electron chi connectivity index (χ4n) is 1.21. The van der Waals surface area contributed by atoms with E-state index in [9.17, 15) is 9.50 Å². The monoisotopic (exact) mass is 261 g/mol. The number of aliphatic hydroxyl groups is 1. The molecule has 0 aliphatic heterocycles. The number of hydrogen-bond acceptors (Lipinski definition) is 2. The Morgan fingerprint density at radius 3 is 2.57 bits per heavy atom. The molecule has 0 aliphatic carbocycles. The fraction of sp³-hybridized carbons (Fsp3) is 0.400. The molecule has 0 saturated heterocycles. The van der Waals surface area contributed by atoms with Crippen LogP contribution in [0, 0.1) is 12.7 Å². The van der Waals surface area contributed by atoms with Crippen molar-refractivity contribution < 1.29 is 9.50 Å². The third-order valence-corrected chi connectivity index (χ3v) is 3.17. The Morgan fingerprint density at radius 2 is 2.07 bits per heavy atom. The summed E-state index contributed by atoms with van der Waals surface area (Å²) >= 11 is 3.24. The predicted molar refractivity (Wildman–Crippen MR) is 57.4 cm³/mol. The van der Waals surface area contributed by atoms with Crippen molar-refractivity contribution in [2.45, 2.75) is 26.0 Å². The molecule has 78 valence electrons. The van der Waals surface area contributed by atoms with Crippen molar-refractivity contribution in [1.82, 2.24) is 0 Å². The summed E-state index contributed by atoms with van der Waals surface area (Å²) in [5, 5.41) is 9.69. The first-order valence-electron chi connectivity index (χ1n) is 4.33. The minimum Gasteiger partial charge on any atom is -0.387 e. The van der Waals surface area contributed by atoms with Crippen molar-refractivity contribution in [2.24, 2.45) is 5.73 Å². The standard InChI is InChI=1S/C10H13BrFNO/c1-5-3-4-7(12)8(9(5)11)10(14)6(2)13/h3-4,6,10,14H,13H2,1-2H3. The summed E-state index contributed by atoms with van der Waals surface area (Å²) in [5.41, 5.74) is 6.63. The number of benzene rings is 1. The summed E-state index contributed by atoms with van der Waals surface area (Å²) in [7, 11) is 0. The molecule has 4 heteroatoms. The third-order valence-electron chi connectivity index (χ3n) is 2.11. The van der Waals surface area contributed by atoms with Crippen LogP contribution < -0.4 is 5.73 Å². The molecule has 1 aromatic rings. The Balaban J connectivity index is 3.25. The van der Waals surface area contributed by atoms with Gasteiger partial charge in [-0.05, 0) is 25.5 Å². The smallest absolute Gasteiger partial charge is 0.130 e. The molecule has 2 nitrogen and oxygen atoms in total. The lowest BCUT2D eigenvalue weighted by Crippen LogP contribution is -2.25. The molecule has 0 bridgehead atoms. The van der Waals surface area contributed by atoms with Gasteiger partial charge < -0.3 is 10.8 Å². The van der Waals surface area contributed by atoms with Crippen LogP contribution >= 0.6 is 15.9 Å². The molecule has 0 saturated carbocycles. The van der Waals surface area contributed by atoms with E-state index in [2.05, 4.69) is 15.9 Å². The SMILES string of the molecule is Cc1ccc(F)c(C(O)C(C)N)c1Br. The molecular formula is C10H13BrFNO. The number of halogens is 2. The highest BCUT2D eigenvalue weighted by atomic mass is 79.9. The van der Waals surface area contributed by atoms with Crippen molar-refractivity contribution in [2.75, 3.05) is 0 Å². The molecule has 0 fully saturated rings. The van der Waals surface area contributed by atoms with E-state index in [0.29, 0.717) is 4.47 Å². The van der Waals surface area contributed by atoms with E-state index < -0.39 is 18.0 Å². The number of nitrogens with two attached hydrogens (primary N) is 1. The average molecular weight is 262 g/mol. The first-order valence-corrected chi connectivity index (χ1v) is 5.12. The summed E-state index contributed by atoms with van der Waals surface area (Å²) in [6.45, 7) is 3.47. The number of aliphatic hydroxyl groups excluding tert-OH is 1. The van der Waals surface area contributed by atoms with Gasteiger partial charge in [0, 0.05) is 16.1 Å². The number of hydrogen-bond donors (Lipinski definition) is 2. The number of aryl methyl sites for hydroxylation is 1. The van der Waals surface area contributed by atoms with E-state index in [0.717, 1.165) is 5.56 Å². The highest BCUT2D eigenvalue weighted by Gasteiger charge is 2.20. The van der Waals surface area contributed by atoms with Gasteiger partial charge in [-0.3, -0.25) is 0 Å². The highest BCUT2D eigenvalue weighted by Crippen LogP contribution is 2.30. The van der Waals surface area contributed by atoms with Crippen molar-refractivity contribution in [3.05, 3.63) is 33.5 Å². The van der Waals surface area contributed by atoms with Crippen LogP contribution in [0.3, 0.4) is 0 Å². The first kappa shape index (κ1) is 11.6. The Labute approximate surface area is 91.1 Å². The largest absolute Gasteiger partial charge is 0.387 e. The minimum atomic E-state index is -0.982. The molecule has 0 heterocycles.